The molecular formula is C13H15BrN2S. The molecule has 0 aliphatic carbocycles. The minimum atomic E-state index is 0.363. The number of hydrogen-bond donors (Lipinski definition) is 1. The molecular weight excluding hydrogens is 296 g/mol. The van der Waals surface area contributed by atoms with Crippen LogP contribution >= 0.6 is 27.3 Å². The lowest BCUT2D eigenvalue weighted by molar-refractivity contribution is 0.684. The first kappa shape index (κ1) is 12.6. The summed E-state index contributed by atoms with van der Waals surface area (Å²) in [5, 5.41) is 5.61. The summed E-state index contributed by atoms with van der Waals surface area (Å²) in [6, 6.07) is 10.6. The van der Waals surface area contributed by atoms with Crippen molar-refractivity contribution in [3.63, 3.8) is 0 Å². The summed E-state index contributed by atoms with van der Waals surface area (Å²) in [6.45, 7) is 2.20. The zero-order valence-corrected chi connectivity index (χ0v) is 12.1. The number of halogens is 1. The second kappa shape index (κ2) is 6.17. The van der Waals surface area contributed by atoms with Crippen molar-refractivity contribution in [2.75, 3.05) is 5.32 Å². The Labute approximate surface area is 114 Å². The molecule has 0 saturated heterocycles. The van der Waals surface area contributed by atoms with Gasteiger partial charge in [-0.15, -0.1) is 11.3 Å². The molecule has 2 rings (SSSR count). The van der Waals surface area contributed by atoms with Crippen LogP contribution in [0.1, 0.15) is 30.7 Å². The average molecular weight is 311 g/mol. The number of rotatable bonds is 5. The number of nitrogens with zero attached hydrogens (tertiary/aromatic N) is 1. The summed E-state index contributed by atoms with van der Waals surface area (Å²) in [5.41, 5.74) is 0. The van der Waals surface area contributed by atoms with Gasteiger partial charge in [-0.05, 0) is 45.9 Å². The van der Waals surface area contributed by atoms with Gasteiger partial charge in [0.25, 0.3) is 0 Å². The van der Waals surface area contributed by atoms with Crippen molar-refractivity contribution < 1.29 is 0 Å². The molecule has 0 aliphatic heterocycles. The lowest BCUT2D eigenvalue weighted by Crippen LogP contribution is -2.10. The number of nitrogens with one attached hydrogen (secondary N) is 1. The standard InChI is InChI=1S/C13H15BrN2S/c1-2-5-10(11-6-4-9-17-11)15-13-8-3-7-12(14)16-13/h3-4,6-10H,2,5H2,1H3,(H,15,16). The lowest BCUT2D eigenvalue weighted by Gasteiger charge is -2.17. The van der Waals surface area contributed by atoms with Gasteiger partial charge >= 0.3 is 0 Å². The Balaban J connectivity index is 2.13. The van der Waals surface area contributed by atoms with Crippen molar-refractivity contribution in [2.24, 2.45) is 0 Å². The molecule has 2 aromatic rings. The molecule has 1 unspecified atom stereocenters. The third-order valence-corrected chi connectivity index (χ3v) is 3.93. The molecule has 0 spiro atoms. The molecule has 1 atom stereocenters. The second-order valence-electron chi connectivity index (χ2n) is 3.85. The topological polar surface area (TPSA) is 24.9 Å². The molecule has 1 N–H and O–H groups in total. The summed E-state index contributed by atoms with van der Waals surface area (Å²) in [7, 11) is 0. The van der Waals surface area contributed by atoms with E-state index in [9.17, 15) is 0 Å². The first-order chi connectivity index (χ1) is 8.29. The minimum absolute atomic E-state index is 0.363. The highest BCUT2D eigenvalue weighted by molar-refractivity contribution is 9.10. The Morgan fingerprint density at radius 3 is 2.88 bits per heavy atom. The van der Waals surface area contributed by atoms with E-state index in [-0.39, 0.29) is 0 Å². The highest BCUT2D eigenvalue weighted by Gasteiger charge is 2.11. The summed E-state index contributed by atoms with van der Waals surface area (Å²) in [4.78, 5) is 5.78. The van der Waals surface area contributed by atoms with E-state index < -0.39 is 0 Å². The van der Waals surface area contributed by atoms with Crippen molar-refractivity contribution in [1.82, 2.24) is 4.98 Å². The van der Waals surface area contributed by atoms with Gasteiger partial charge in [-0.1, -0.05) is 25.5 Å². The molecule has 2 aromatic heterocycles. The summed E-state index contributed by atoms with van der Waals surface area (Å²) in [6.07, 6.45) is 2.28. The number of hydrogen-bond acceptors (Lipinski definition) is 3. The van der Waals surface area contributed by atoms with Crippen molar-refractivity contribution in [1.29, 1.82) is 0 Å². The quantitative estimate of drug-likeness (QED) is 0.798. The van der Waals surface area contributed by atoms with Crippen LogP contribution in [0.3, 0.4) is 0 Å². The fourth-order valence-corrected chi connectivity index (χ4v) is 2.89. The Bertz CT molecular complexity index is 456. The molecule has 0 aromatic carbocycles. The maximum Gasteiger partial charge on any atom is 0.127 e. The first-order valence-corrected chi connectivity index (χ1v) is 7.39. The summed E-state index contributed by atoms with van der Waals surface area (Å²) in [5.74, 6) is 0.922. The van der Waals surface area contributed by atoms with E-state index in [4.69, 9.17) is 0 Å². The normalized spacial score (nSPS) is 12.4. The third-order valence-electron chi connectivity index (χ3n) is 2.50. The average Bonchev–Trinajstić information content (AvgIpc) is 2.82. The van der Waals surface area contributed by atoms with Crippen LogP contribution in [0.5, 0.6) is 0 Å². The number of aromatic nitrogens is 1. The molecule has 0 bridgehead atoms. The Morgan fingerprint density at radius 2 is 2.24 bits per heavy atom. The van der Waals surface area contributed by atoms with Gasteiger partial charge in [0.1, 0.15) is 10.4 Å². The van der Waals surface area contributed by atoms with Crippen LogP contribution in [0.4, 0.5) is 5.82 Å². The largest absolute Gasteiger partial charge is 0.362 e. The van der Waals surface area contributed by atoms with Crippen molar-refractivity contribution in [2.45, 2.75) is 25.8 Å². The van der Waals surface area contributed by atoms with Crippen LogP contribution in [-0.4, -0.2) is 4.98 Å². The van der Waals surface area contributed by atoms with Crippen molar-refractivity contribution in [3.05, 3.63) is 45.2 Å². The van der Waals surface area contributed by atoms with Gasteiger partial charge in [-0.2, -0.15) is 0 Å². The highest BCUT2D eigenvalue weighted by atomic mass is 79.9. The van der Waals surface area contributed by atoms with Crippen LogP contribution in [-0.2, 0) is 0 Å². The molecule has 0 amide bonds. The monoisotopic (exact) mass is 310 g/mol. The molecule has 2 nitrogen and oxygen atoms in total. The number of pyridine rings is 1. The van der Waals surface area contributed by atoms with Gasteiger partial charge in [0.05, 0.1) is 6.04 Å². The highest BCUT2D eigenvalue weighted by Crippen LogP contribution is 2.27. The van der Waals surface area contributed by atoms with E-state index in [1.165, 1.54) is 4.88 Å². The third kappa shape index (κ3) is 3.54. The fraction of sp³-hybridized carbons (Fsp3) is 0.308. The van der Waals surface area contributed by atoms with E-state index in [0.29, 0.717) is 6.04 Å². The van der Waals surface area contributed by atoms with Crippen LogP contribution < -0.4 is 5.32 Å². The van der Waals surface area contributed by atoms with Gasteiger partial charge in [-0.3, -0.25) is 0 Å². The molecule has 0 fully saturated rings. The van der Waals surface area contributed by atoms with Gasteiger partial charge < -0.3 is 5.32 Å². The maximum atomic E-state index is 4.42. The SMILES string of the molecule is CCCC(Nc1cccc(Br)n1)c1cccs1. The molecule has 90 valence electrons. The maximum absolute atomic E-state index is 4.42. The van der Waals surface area contributed by atoms with Gasteiger partial charge in [-0.25, -0.2) is 4.98 Å². The minimum Gasteiger partial charge on any atom is -0.362 e. The molecule has 0 saturated carbocycles. The van der Waals surface area contributed by atoms with Crippen LogP contribution in [0.25, 0.3) is 0 Å². The van der Waals surface area contributed by atoms with Gasteiger partial charge in [0.2, 0.25) is 0 Å². The Hall–Kier alpha value is -0.870. The lowest BCUT2D eigenvalue weighted by atomic mass is 10.1. The molecule has 2 heterocycles. The smallest absolute Gasteiger partial charge is 0.127 e. The summed E-state index contributed by atoms with van der Waals surface area (Å²) >= 11 is 5.18. The number of anilines is 1. The number of thiophene rings is 1. The van der Waals surface area contributed by atoms with Crippen LogP contribution in [0.2, 0.25) is 0 Å². The fourth-order valence-electron chi connectivity index (χ4n) is 1.73. The van der Waals surface area contributed by atoms with E-state index in [1.54, 1.807) is 11.3 Å². The van der Waals surface area contributed by atoms with Crippen LogP contribution in [0, 0.1) is 0 Å². The first-order valence-electron chi connectivity index (χ1n) is 5.72. The van der Waals surface area contributed by atoms with E-state index in [1.807, 2.05) is 18.2 Å². The molecule has 0 radical (unpaired) electrons. The van der Waals surface area contributed by atoms with Crippen LogP contribution in [0.15, 0.2) is 40.3 Å². The molecule has 4 heteroatoms. The summed E-state index contributed by atoms with van der Waals surface area (Å²) < 4.78 is 0.865. The van der Waals surface area contributed by atoms with Crippen molar-refractivity contribution >= 4 is 33.1 Å². The van der Waals surface area contributed by atoms with Gasteiger partial charge in [0, 0.05) is 4.88 Å². The van der Waals surface area contributed by atoms with Gasteiger partial charge in [0.15, 0.2) is 0 Å². The molecule has 17 heavy (non-hydrogen) atoms. The van der Waals surface area contributed by atoms with E-state index >= 15 is 0 Å². The second-order valence-corrected chi connectivity index (χ2v) is 5.64. The van der Waals surface area contributed by atoms with E-state index in [0.717, 1.165) is 23.3 Å². The Morgan fingerprint density at radius 1 is 1.35 bits per heavy atom. The molecule has 0 aliphatic rings. The predicted octanol–water partition coefficient (Wildman–Crippen LogP) is 4.86. The van der Waals surface area contributed by atoms with Crippen molar-refractivity contribution in [3.8, 4) is 0 Å². The predicted molar refractivity (Wildman–Crippen MR) is 77.5 cm³/mol. The zero-order valence-electron chi connectivity index (χ0n) is 9.69. The van der Waals surface area contributed by atoms with E-state index in [2.05, 4.69) is 50.7 Å². The Kier molecular flexibility index (Phi) is 4.57. The zero-order chi connectivity index (χ0) is 12.1.